The molecule has 0 aliphatic carbocycles. The van der Waals surface area contributed by atoms with Crippen LogP contribution in [0.2, 0.25) is 15.1 Å². The molecule has 0 saturated carbocycles. The number of hydrazone groups is 1. The number of amides is 1. The molecule has 0 unspecified atom stereocenters. The predicted molar refractivity (Wildman–Crippen MR) is 107 cm³/mol. The molecule has 0 spiro atoms. The number of hydrogen-bond acceptors (Lipinski definition) is 5. The molecule has 27 heavy (non-hydrogen) atoms. The Bertz CT molecular complexity index is 872. The second-order valence-electron chi connectivity index (χ2n) is 5.29. The molecular formula is C18H17Cl3N2O4. The lowest BCUT2D eigenvalue weighted by Crippen LogP contribution is -2.25. The van der Waals surface area contributed by atoms with Crippen molar-refractivity contribution in [2.24, 2.45) is 5.10 Å². The summed E-state index contributed by atoms with van der Waals surface area (Å²) >= 11 is 17.7. The third-order valence-electron chi connectivity index (χ3n) is 3.48. The van der Waals surface area contributed by atoms with E-state index >= 15 is 0 Å². The molecule has 0 aromatic heterocycles. The summed E-state index contributed by atoms with van der Waals surface area (Å²) in [6.07, 6.45) is 0. The Morgan fingerprint density at radius 2 is 1.63 bits per heavy atom. The van der Waals surface area contributed by atoms with Crippen molar-refractivity contribution < 1.29 is 19.0 Å². The standard InChI is InChI=1S/C18H17Cl3N2O4/c1-10(11-4-5-15(25-2)17(6-11)26-3)22-23-18(24)9-27-16-8-13(20)12(19)7-14(16)21/h4-8H,9H2,1-3H3,(H,23,24)/b22-10+. The summed E-state index contributed by atoms with van der Waals surface area (Å²) in [6.45, 7) is 1.46. The van der Waals surface area contributed by atoms with E-state index in [-0.39, 0.29) is 22.4 Å². The summed E-state index contributed by atoms with van der Waals surface area (Å²) < 4.78 is 15.8. The maximum Gasteiger partial charge on any atom is 0.277 e. The van der Waals surface area contributed by atoms with E-state index < -0.39 is 5.91 Å². The largest absolute Gasteiger partial charge is 0.493 e. The van der Waals surface area contributed by atoms with Crippen LogP contribution >= 0.6 is 34.8 Å². The monoisotopic (exact) mass is 430 g/mol. The first-order valence-electron chi connectivity index (χ1n) is 7.68. The molecule has 0 bridgehead atoms. The molecule has 9 heteroatoms. The van der Waals surface area contributed by atoms with Crippen LogP contribution in [0.5, 0.6) is 17.2 Å². The zero-order chi connectivity index (χ0) is 20.0. The summed E-state index contributed by atoms with van der Waals surface area (Å²) in [5.74, 6) is 0.956. The second kappa shape index (κ2) is 9.69. The normalized spacial score (nSPS) is 11.1. The van der Waals surface area contributed by atoms with Crippen LogP contribution in [0.1, 0.15) is 12.5 Å². The van der Waals surface area contributed by atoms with Gasteiger partial charge in [0.1, 0.15) is 5.75 Å². The number of nitrogens with one attached hydrogen (secondary N) is 1. The van der Waals surface area contributed by atoms with E-state index in [1.807, 2.05) is 0 Å². The van der Waals surface area contributed by atoms with E-state index in [1.165, 1.54) is 12.1 Å². The number of hydrogen-bond donors (Lipinski definition) is 1. The maximum atomic E-state index is 11.9. The lowest BCUT2D eigenvalue weighted by molar-refractivity contribution is -0.123. The van der Waals surface area contributed by atoms with Gasteiger partial charge in [0.15, 0.2) is 18.1 Å². The Labute approximate surface area is 172 Å². The number of rotatable bonds is 7. The lowest BCUT2D eigenvalue weighted by atomic mass is 10.1. The first-order valence-corrected chi connectivity index (χ1v) is 8.82. The Kier molecular flexibility index (Phi) is 7.59. The van der Waals surface area contributed by atoms with Crippen molar-refractivity contribution in [3.05, 3.63) is 51.0 Å². The number of benzene rings is 2. The lowest BCUT2D eigenvalue weighted by Gasteiger charge is -2.10. The van der Waals surface area contributed by atoms with Crippen molar-refractivity contribution in [3.8, 4) is 17.2 Å². The van der Waals surface area contributed by atoms with Gasteiger partial charge in [0.05, 0.1) is 35.0 Å². The number of carbonyl (C=O) groups is 1. The van der Waals surface area contributed by atoms with Gasteiger partial charge in [-0.25, -0.2) is 5.43 Å². The van der Waals surface area contributed by atoms with Crippen LogP contribution in [0.15, 0.2) is 35.4 Å². The highest BCUT2D eigenvalue weighted by molar-refractivity contribution is 6.43. The molecule has 0 radical (unpaired) electrons. The molecule has 2 aromatic rings. The van der Waals surface area contributed by atoms with Crippen molar-refractivity contribution in [2.75, 3.05) is 20.8 Å². The fraction of sp³-hybridized carbons (Fsp3) is 0.222. The number of carbonyl (C=O) groups excluding carboxylic acids is 1. The van der Waals surface area contributed by atoms with Gasteiger partial charge in [0.25, 0.3) is 5.91 Å². The quantitative estimate of drug-likeness (QED) is 0.396. The van der Waals surface area contributed by atoms with Gasteiger partial charge in [-0.05, 0) is 31.2 Å². The SMILES string of the molecule is COc1ccc(/C(C)=N/NC(=O)COc2cc(Cl)c(Cl)cc2Cl)cc1OC. The molecule has 0 heterocycles. The van der Waals surface area contributed by atoms with Crippen LogP contribution in [0.25, 0.3) is 0 Å². The molecular weight excluding hydrogens is 415 g/mol. The van der Waals surface area contributed by atoms with Crippen LogP contribution in [0.3, 0.4) is 0 Å². The molecule has 1 N–H and O–H groups in total. The number of nitrogens with zero attached hydrogens (tertiary/aromatic N) is 1. The number of halogens is 3. The number of methoxy groups -OCH3 is 2. The summed E-state index contributed by atoms with van der Waals surface area (Å²) in [6, 6.07) is 8.20. The van der Waals surface area contributed by atoms with Crippen molar-refractivity contribution in [1.29, 1.82) is 0 Å². The van der Waals surface area contributed by atoms with Gasteiger partial charge in [0.2, 0.25) is 0 Å². The minimum atomic E-state index is -0.461. The summed E-state index contributed by atoms with van der Waals surface area (Å²) in [7, 11) is 3.10. The van der Waals surface area contributed by atoms with E-state index in [0.29, 0.717) is 22.2 Å². The van der Waals surface area contributed by atoms with E-state index in [0.717, 1.165) is 5.56 Å². The third-order valence-corrected chi connectivity index (χ3v) is 4.50. The van der Waals surface area contributed by atoms with Crippen molar-refractivity contribution in [3.63, 3.8) is 0 Å². The molecule has 6 nitrogen and oxygen atoms in total. The fourth-order valence-electron chi connectivity index (χ4n) is 2.06. The second-order valence-corrected chi connectivity index (χ2v) is 6.51. The predicted octanol–water partition coefficient (Wildman–Crippen LogP) is 4.58. The van der Waals surface area contributed by atoms with Crippen molar-refractivity contribution >= 4 is 46.4 Å². The van der Waals surface area contributed by atoms with E-state index in [9.17, 15) is 4.79 Å². The molecule has 2 rings (SSSR count). The van der Waals surface area contributed by atoms with Crippen molar-refractivity contribution in [1.82, 2.24) is 5.43 Å². The third kappa shape index (κ3) is 5.66. The topological polar surface area (TPSA) is 69.2 Å². The smallest absolute Gasteiger partial charge is 0.277 e. The van der Waals surface area contributed by atoms with E-state index in [4.69, 9.17) is 49.0 Å². The Balaban J connectivity index is 1.99. The van der Waals surface area contributed by atoms with Gasteiger partial charge in [-0.1, -0.05) is 34.8 Å². The minimum Gasteiger partial charge on any atom is -0.493 e. The Morgan fingerprint density at radius 3 is 2.30 bits per heavy atom. The highest BCUT2D eigenvalue weighted by atomic mass is 35.5. The molecule has 0 fully saturated rings. The molecule has 1 amide bonds. The van der Waals surface area contributed by atoms with Crippen LogP contribution in [0.4, 0.5) is 0 Å². The first kappa shape index (κ1) is 21.2. The van der Waals surface area contributed by atoms with Crippen LogP contribution in [0, 0.1) is 0 Å². The highest BCUT2D eigenvalue weighted by Crippen LogP contribution is 2.33. The Hall–Kier alpha value is -2.15. The average molecular weight is 432 g/mol. The molecule has 144 valence electrons. The summed E-state index contributed by atoms with van der Waals surface area (Å²) in [4.78, 5) is 11.9. The van der Waals surface area contributed by atoms with E-state index in [2.05, 4.69) is 10.5 Å². The van der Waals surface area contributed by atoms with E-state index in [1.54, 1.807) is 39.3 Å². The molecule has 2 aromatic carbocycles. The van der Waals surface area contributed by atoms with Crippen molar-refractivity contribution in [2.45, 2.75) is 6.92 Å². The Morgan fingerprint density at radius 1 is 0.963 bits per heavy atom. The average Bonchev–Trinajstić information content (AvgIpc) is 2.67. The molecule has 0 aliphatic rings. The summed E-state index contributed by atoms with van der Waals surface area (Å²) in [5, 5.41) is 4.88. The van der Waals surface area contributed by atoms with Crippen LogP contribution in [-0.4, -0.2) is 32.4 Å². The molecule has 0 aliphatic heterocycles. The van der Waals surface area contributed by atoms with Gasteiger partial charge in [-0.2, -0.15) is 5.10 Å². The van der Waals surface area contributed by atoms with Gasteiger partial charge in [-0.15, -0.1) is 0 Å². The fourth-order valence-corrected chi connectivity index (χ4v) is 2.65. The van der Waals surface area contributed by atoms with Gasteiger partial charge >= 0.3 is 0 Å². The maximum absolute atomic E-state index is 11.9. The zero-order valence-corrected chi connectivity index (χ0v) is 17.1. The van der Waals surface area contributed by atoms with Gasteiger partial charge in [0, 0.05) is 11.6 Å². The first-order chi connectivity index (χ1) is 12.8. The minimum absolute atomic E-state index is 0.252. The molecule has 0 atom stereocenters. The summed E-state index contributed by atoms with van der Waals surface area (Å²) in [5.41, 5.74) is 3.76. The van der Waals surface area contributed by atoms with Crippen LogP contribution < -0.4 is 19.6 Å². The van der Waals surface area contributed by atoms with Gasteiger partial charge in [-0.3, -0.25) is 4.79 Å². The number of ether oxygens (including phenoxy) is 3. The zero-order valence-electron chi connectivity index (χ0n) is 14.8. The van der Waals surface area contributed by atoms with Gasteiger partial charge < -0.3 is 14.2 Å². The highest BCUT2D eigenvalue weighted by Gasteiger charge is 2.10. The molecule has 0 saturated heterocycles. The van der Waals surface area contributed by atoms with Crippen LogP contribution in [-0.2, 0) is 4.79 Å².